The Morgan fingerprint density at radius 3 is 2.50 bits per heavy atom. The van der Waals surface area contributed by atoms with Crippen molar-refractivity contribution in [3.05, 3.63) is 83.9 Å². The number of rotatable bonds is 7. The summed E-state index contributed by atoms with van der Waals surface area (Å²) in [5.41, 5.74) is 1.70. The Balaban J connectivity index is 1.56. The zero-order valence-corrected chi connectivity index (χ0v) is 14.8. The third-order valence-corrected chi connectivity index (χ3v) is 4.27. The summed E-state index contributed by atoms with van der Waals surface area (Å²) in [6, 6.07) is 23.3. The highest BCUT2D eigenvalue weighted by molar-refractivity contribution is 6.06. The number of ether oxygens (including phenoxy) is 1. The van der Waals surface area contributed by atoms with E-state index in [9.17, 15) is 9.90 Å². The maximum atomic E-state index is 12.8. The molecule has 1 unspecified atom stereocenters. The highest BCUT2D eigenvalue weighted by Gasteiger charge is 2.17. The Morgan fingerprint density at radius 1 is 1.00 bits per heavy atom. The largest absolute Gasteiger partial charge is 0.389 e. The van der Waals surface area contributed by atoms with E-state index in [2.05, 4.69) is 0 Å². The monoisotopic (exact) mass is 349 g/mol. The molecule has 0 radical (unpaired) electrons. The summed E-state index contributed by atoms with van der Waals surface area (Å²) in [6.45, 7) is 0.845. The van der Waals surface area contributed by atoms with Gasteiger partial charge in [0.1, 0.15) is 0 Å². The lowest BCUT2D eigenvalue weighted by Gasteiger charge is -2.21. The van der Waals surface area contributed by atoms with Crippen LogP contribution in [0.1, 0.15) is 15.9 Å². The van der Waals surface area contributed by atoms with Gasteiger partial charge in [-0.15, -0.1) is 0 Å². The van der Waals surface area contributed by atoms with Gasteiger partial charge < -0.3 is 14.7 Å². The van der Waals surface area contributed by atoms with Gasteiger partial charge in [-0.1, -0.05) is 66.7 Å². The number of nitrogens with zero attached hydrogens (tertiary/aromatic N) is 1. The number of hydrogen-bond donors (Lipinski definition) is 1. The number of benzene rings is 3. The number of amides is 1. The molecule has 26 heavy (non-hydrogen) atoms. The molecule has 0 saturated carbocycles. The molecule has 0 fully saturated rings. The first-order valence-corrected chi connectivity index (χ1v) is 8.68. The van der Waals surface area contributed by atoms with Crippen molar-refractivity contribution in [3.8, 4) is 0 Å². The summed E-state index contributed by atoms with van der Waals surface area (Å²) in [7, 11) is 1.70. The average molecular weight is 349 g/mol. The number of fused-ring (bicyclic) bond motifs is 1. The Kier molecular flexibility index (Phi) is 6.00. The number of hydrogen-bond acceptors (Lipinski definition) is 3. The molecule has 0 heterocycles. The van der Waals surface area contributed by atoms with Gasteiger partial charge in [0.25, 0.3) is 5.91 Å². The van der Waals surface area contributed by atoms with Gasteiger partial charge in [0, 0.05) is 19.2 Å². The highest BCUT2D eigenvalue weighted by atomic mass is 16.5. The van der Waals surface area contributed by atoms with E-state index < -0.39 is 6.10 Å². The molecule has 0 aliphatic heterocycles. The first-order valence-electron chi connectivity index (χ1n) is 8.68. The van der Waals surface area contributed by atoms with Crippen molar-refractivity contribution in [1.82, 2.24) is 4.90 Å². The van der Waals surface area contributed by atoms with E-state index in [0.717, 1.165) is 16.3 Å². The van der Waals surface area contributed by atoms with Crippen molar-refractivity contribution in [2.45, 2.75) is 12.7 Å². The molecule has 0 aromatic heterocycles. The minimum Gasteiger partial charge on any atom is -0.389 e. The maximum absolute atomic E-state index is 12.8. The molecule has 3 aromatic rings. The smallest absolute Gasteiger partial charge is 0.254 e. The van der Waals surface area contributed by atoms with Gasteiger partial charge in [-0.2, -0.15) is 0 Å². The zero-order chi connectivity index (χ0) is 18.4. The van der Waals surface area contributed by atoms with Crippen molar-refractivity contribution in [3.63, 3.8) is 0 Å². The van der Waals surface area contributed by atoms with Crippen LogP contribution in [0.4, 0.5) is 0 Å². The molecular weight excluding hydrogens is 326 g/mol. The van der Waals surface area contributed by atoms with Gasteiger partial charge in [-0.05, 0) is 22.4 Å². The van der Waals surface area contributed by atoms with Crippen LogP contribution in [0.2, 0.25) is 0 Å². The van der Waals surface area contributed by atoms with E-state index in [1.54, 1.807) is 7.05 Å². The van der Waals surface area contributed by atoms with E-state index in [4.69, 9.17) is 4.74 Å². The minimum absolute atomic E-state index is 0.107. The lowest BCUT2D eigenvalue weighted by Crippen LogP contribution is -2.36. The second kappa shape index (κ2) is 8.61. The lowest BCUT2D eigenvalue weighted by molar-refractivity contribution is 0.0137. The van der Waals surface area contributed by atoms with Crippen LogP contribution in [0.3, 0.4) is 0 Å². The number of carbonyl (C=O) groups is 1. The number of carbonyl (C=O) groups excluding carboxylic acids is 1. The van der Waals surface area contributed by atoms with Crippen LogP contribution in [0.25, 0.3) is 10.8 Å². The van der Waals surface area contributed by atoms with Gasteiger partial charge in [0.05, 0.1) is 19.3 Å². The zero-order valence-electron chi connectivity index (χ0n) is 14.8. The predicted octanol–water partition coefficient (Wildman–Crippen LogP) is 3.49. The van der Waals surface area contributed by atoms with Crippen LogP contribution in [0.5, 0.6) is 0 Å². The molecular formula is C22H23NO3. The second-order valence-electron chi connectivity index (χ2n) is 6.37. The van der Waals surface area contributed by atoms with Crippen molar-refractivity contribution < 1.29 is 14.6 Å². The Hall–Kier alpha value is -2.69. The van der Waals surface area contributed by atoms with Crippen molar-refractivity contribution >= 4 is 16.7 Å². The molecule has 0 saturated heterocycles. The normalized spacial score (nSPS) is 12.1. The summed E-state index contributed by atoms with van der Waals surface area (Å²) in [5.74, 6) is -0.107. The van der Waals surface area contributed by atoms with E-state index in [-0.39, 0.29) is 19.1 Å². The molecule has 0 bridgehead atoms. The van der Waals surface area contributed by atoms with E-state index in [0.29, 0.717) is 12.2 Å². The molecule has 1 N–H and O–H groups in total. The Labute approximate surface area is 153 Å². The fourth-order valence-electron chi connectivity index (χ4n) is 2.96. The van der Waals surface area contributed by atoms with Crippen molar-refractivity contribution in [1.29, 1.82) is 0 Å². The van der Waals surface area contributed by atoms with Gasteiger partial charge in [0.2, 0.25) is 0 Å². The van der Waals surface area contributed by atoms with Crippen LogP contribution in [-0.2, 0) is 11.3 Å². The topological polar surface area (TPSA) is 49.8 Å². The second-order valence-corrected chi connectivity index (χ2v) is 6.37. The molecule has 3 aromatic carbocycles. The molecule has 3 rings (SSSR count). The van der Waals surface area contributed by atoms with E-state index in [1.165, 1.54) is 4.90 Å². The lowest BCUT2D eigenvalue weighted by atomic mass is 10.0. The quantitative estimate of drug-likeness (QED) is 0.710. The fourth-order valence-corrected chi connectivity index (χ4v) is 2.96. The highest BCUT2D eigenvalue weighted by Crippen LogP contribution is 2.19. The molecule has 1 amide bonds. The third kappa shape index (κ3) is 4.48. The first-order chi connectivity index (χ1) is 12.6. The molecule has 4 heteroatoms. The molecule has 0 spiro atoms. The van der Waals surface area contributed by atoms with Crippen LogP contribution >= 0.6 is 0 Å². The first kappa shape index (κ1) is 18.1. The average Bonchev–Trinajstić information content (AvgIpc) is 2.67. The molecule has 0 aliphatic carbocycles. The van der Waals surface area contributed by atoms with Gasteiger partial charge >= 0.3 is 0 Å². The summed E-state index contributed by atoms with van der Waals surface area (Å²) >= 11 is 0. The SMILES string of the molecule is CN(CC(O)COCc1ccccc1)C(=O)c1cccc2ccccc12. The predicted molar refractivity (Wildman–Crippen MR) is 103 cm³/mol. The summed E-state index contributed by atoms with van der Waals surface area (Å²) < 4.78 is 5.55. The third-order valence-electron chi connectivity index (χ3n) is 4.27. The summed E-state index contributed by atoms with van der Waals surface area (Å²) in [4.78, 5) is 14.3. The van der Waals surface area contributed by atoms with Gasteiger partial charge in [-0.3, -0.25) is 4.79 Å². The summed E-state index contributed by atoms with van der Waals surface area (Å²) in [6.07, 6.45) is -0.734. The van der Waals surface area contributed by atoms with Crippen LogP contribution in [-0.4, -0.2) is 42.2 Å². The number of likely N-dealkylation sites (N-methyl/N-ethyl adjacent to an activating group) is 1. The van der Waals surface area contributed by atoms with Crippen LogP contribution < -0.4 is 0 Å². The number of aliphatic hydroxyl groups is 1. The Morgan fingerprint density at radius 2 is 1.69 bits per heavy atom. The fraction of sp³-hybridized carbons (Fsp3) is 0.227. The van der Waals surface area contributed by atoms with Crippen molar-refractivity contribution in [2.75, 3.05) is 20.2 Å². The van der Waals surface area contributed by atoms with Crippen molar-refractivity contribution in [2.24, 2.45) is 0 Å². The van der Waals surface area contributed by atoms with E-state index in [1.807, 2.05) is 72.8 Å². The summed E-state index contributed by atoms with van der Waals surface area (Å²) in [5, 5.41) is 12.1. The maximum Gasteiger partial charge on any atom is 0.254 e. The van der Waals surface area contributed by atoms with E-state index >= 15 is 0 Å². The Bertz CT molecular complexity index is 858. The van der Waals surface area contributed by atoms with Crippen LogP contribution in [0.15, 0.2) is 72.8 Å². The standard InChI is InChI=1S/C22H23NO3/c1-23(14-19(24)16-26-15-17-8-3-2-4-9-17)22(25)21-13-7-11-18-10-5-6-12-20(18)21/h2-13,19,24H,14-16H2,1H3. The van der Waals surface area contributed by atoms with Gasteiger partial charge in [0.15, 0.2) is 0 Å². The van der Waals surface area contributed by atoms with Gasteiger partial charge in [-0.25, -0.2) is 0 Å². The molecule has 134 valence electrons. The minimum atomic E-state index is -0.734. The van der Waals surface area contributed by atoms with Crippen LogP contribution in [0, 0.1) is 0 Å². The number of aliphatic hydroxyl groups excluding tert-OH is 1. The molecule has 0 aliphatic rings. The molecule has 4 nitrogen and oxygen atoms in total. The molecule has 1 atom stereocenters.